The summed E-state index contributed by atoms with van der Waals surface area (Å²) in [5.74, 6) is 1.80. The number of nitrogens with one attached hydrogen (secondary N) is 1. The fourth-order valence-corrected chi connectivity index (χ4v) is 3.33. The van der Waals surface area contributed by atoms with Crippen LogP contribution in [-0.4, -0.2) is 13.1 Å². The molecule has 1 aromatic rings. The molecule has 1 N–H and O–H groups in total. The van der Waals surface area contributed by atoms with Gasteiger partial charge in [0.2, 0.25) is 0 Å². The van der Waals surface area contributed by atoms with E-state index < -0.39 is 0 Å². The van der Waals surface area contributed by atoms with Crippen molar-refractivity contribution in [2.24, 2.45) is 11.8 Å². The maximum Gasteiger partial charge on any atom is -0.00178 e. The lowest BCUT2D eigenvalue weighted by atomic mass is 9.89. The zero-order valence-corrected chi connectivity index (χ0v) is 12.6. The molecule has 0 radical (unpaired) electrons. The predicted octanol–water partition coefficient (Wildman–Crippen LogP) is 4.21. The first-order valence-corrected chi connectivity index (χ1v) is 8.12. The summed E-state index contributed by atoms with van der Waals surface area (Å²) < 4.78 is 0. The van der Waals surface area contributed by atoms with Gasteiger partial charge in [0.1, 0.15) is 0 Å². The maximum atomic E-state index is 3.61. The summed E-state index contributed by atoms with van der Waals surface area (Å²) in [6.45, 7) is 6.87. The predicted molar refractivity (Wildman–Crippen MR) is 83.5 cm³/mol. The van der Waals surface area contributed by atoms with Crippen molar-refractivity contribution >= 4 is 0 Å². The van der Waals surface area contributed by atoms with E-state index in [1.165, 1.54) is 56.3 Å². The number of rotatable bonds is 7. The van der Waals surface area contributed by atoms with Crippen molar-refractivity contribution in [1.82, 2.24) is 5.32 Å². The SMILES string of the molecule is CCCNCC1CCCC1Cc1ccc(CC)cc1. The van der Waals surface area contributed by atoms with Crippen LogP contribution >= 0.6 is 0 Å². The van der Waals surface area contributed by atoms with Crippen LogP contribution in [0.5, 0.6) is 0 Å². The second-order valence-electron chi connectivity index (χ2n) is 6.03. The first kappa shape index (κ1) is 14.6. The van der Waals surface area contributed by atoms with E-state index in [0.717, 1.165) is 18.3 Å². The summed E-state index contributed by atoms with van der Waals surface area (Å²) in [6.07, 6.45) is 7.95. The van der Waals surface area contributed by atoms with E-state index in [1.54, 1.807) is 0 Å². The molecule has 1 saturated carbocycles. The lowest BCUT2D eigenvalue weighted by molar-refractivity contribution is 0.365. The Morgan fingerprint density at radius 2 is 1.68 bits per heavy atom. The molecule has 19 heavy (non-hydrogen) atoms. The molecule has 1 heteroatoms. The zero-order chi connectivity index (χ0) is 13.5. The van der Waals surface area contributed by atoms with E-state index in [1.807, 2.05) is 0 Å². The van der Waals surface area contributed by atoms with Gasteiger partial charge in [0.15, 0.2) is 0 Å². The highest BCUT2D eigenvalue weighted by Crippen LogP contribution is 2.33. The molecule has 0 aliphatic heterocycles. The van der Waals surface area contributed by atoms with Gasteiger partial charge >= 0.3 is 0 Å². The molecule has 2 atom stereocenters. The van der Waals surface area contributed by atoms with Crippen LogP contribution in [0.4, 0.5) is 0 Å². The van der Waals surface area contributed by atoms with Gasteiger partial charge in [0.25, 0.3) is 0 Å². The van der Waals surface area contributed by atoms with E-state index in [4.69, 9.17) is 0 Å². The summed E-state index contributed by atoms with van der Waals surface area (Å²) in [4.78, 5) is 0. The molecule has 1 aliphatic rings. The normalized spacial score (nSPS) is 22.8. The molecular formula is C18H29N. The summed E-state index contributed by atoms with van der Waals surface area (Å²) in [6, 6.07) is 9.28. The minimum atomic E-state index is 0.900. The summed E-state index contributed by atoms with van der Waals surface area (Å²) in [7, 11) is 0. The standard InChI is InChI=1S/C18H29N/c1-3-12-19-14-18-7-5-6-17(18)13-16-10-8-15(4-2)9-11-16/h8-11,17-19H,3-7,12-14H2,1-2H3. The van der Waals surface area contributed by atoms with Gasteiger partial charge in [-0.1, -0.05) is 44.5 Å². The quantitative estimate of drug-likeness (QED) is 0.723. The van der Waals surface area contributed by atoms with Crippen molar-refractivity contribution in [2.45, 2.75) is 52.4 Å². The first-order valence-electron chi connectivity index (χ1n) is 8.12. The Balaban J connectivity index is 1.85. The van der Waals surface area contributed by atoms with E-state index in [9.17, 15) is 0 Å². The molecule has 0 saturated heterocycles. The average molecular weight is 259 g/mol. The lowest BCUT2D eigenvalue weighted by Crippen LogP contribution is -2.26. The molecular weight excluding hydrogens is 230 g/mol. The van der Waals surface area contributed by atoms with Gasteiger partial charge in [0, 0.05) is 0 Å². The van der Waals surface area contributed by atoms with Crippen LogP contribution in [0, 0.1) is 11.8 Å². The van der Waals surface area contributed by atoms with E-state index >= 15 is 0 Å². The smallest absolute Gasteiger partial charge is 0.00178 e. The molecule has 0 aromatic heterocycles. The number of aryl methyl sites for hydroxylation is 1. The van der Waals surface area contributed by atoms with Gasteiger partial charge < -0.3 is 5.32 Å². The minimum absolute atomic E-state index is 0.900. The zero-order valence-electron chi connectivity index (χ0n) is 12.6. The third-order valence-electron chi connectivity index (χ3n) is 4.58. The van der Waals surface area contributed by atoms with E-state index in [0.29, 0.717) is 0 Å². The molecule has 0 heterocycles. The van der Waals surface area contributed by atoms with Crippen LogP contribution in [0.2, 0.25) is 0 Å². The maximum absolute atomic E-state index is 3.61. The first-order chi connectivity index (χ1) is 9.33. The molecule has 0 spiro atoms. The van der Waals surface area contributed by atoms with Gasteiger partial charge in [-0.25, -0.2) is 0 Å². The van der Waals surface area contributed by atoms with Crippen LogP contribution in [0.15, 0.2) is 24.3 Å². The number of hydrogen-bond donors (Lipinski definition) is 1. The van der Waals surface area contributed by atoms with Crippen molar-refractivity contribution in [2.75, 3.05) is 13.1 Å². The summed E-state index contributed by atoms with van der Waals surface area (Å²) >= 11 is 0. The largest absolute Gasteiger partial charge is 0.316 e. The van der Waals surface area contributed by atoms with Crippen LogP contribution < -0.4 is 5.32 Å². The molecule has 0 bridgehead atoms. The van der Waals surface area contributed by atoms with Crippen molar-refractivity contribution in [3.8, 4) is 0 Å². The fraction of sp³-hybridized carbons (Fsp3) is 0.667. The van der Waals surface area contributed by atoms with Crippen molar-refractivity contribution in [3.05, 3.63) is 35.4 Å². The van der Waals surface area contributed by atoms with Crippen LogP contribution in [0.3, 0.4) is 0 Å². The highest BCUT2D eigenvalue weighted by Gasteiger charge is 2.26. The fourth-order valence-electron chi connectivity index (χ4n) is 3.33. The Kier molecular flexibility index (Phi) is 5.91. The average Bonchev–Trinajstić information content (AvgIpc) is 2.87. The van der Waals surface area contributed by atoms with Gasteiger partial charge in [-0.05, 0) is 68.2 Å². The van der Waals surface area contributed by atoms with Crippen molar-refractivity contribution in [1.29, 1.82) is 0 Å². The molecule has 2 unspecified atom stereocenters. The Labute approximate surface area is 118 Å². The van der Waals surface area contributed by atoms with E-state index in [2.05, 4.69) is 43.4 Å². The second-order valence-corrected chi connectivity index (χ2v) is 6.03. The molecule has 106 valence electrons. The molecule has 2 rings (SSSR count). The minimum Gasteiger partial charge on any atom is -0.316 e. The van der Waals surface area contributed by atoms with Crippen LogP contribution in [-0.2, 0) is 12.8 Å². The third-order valence-corrected chi connectivity index (χ3v) is 4.58. The van der Waals surface area contributed by atoms with Gasteiger partial charge in [-0.2, -0.15) is 0 Å². The third kappa shape index (κ3) is 4.35. The van der Waals surface area contributed by atoms with E-state index in [-0.39, 0.29) is 0 Å². The van der Waals surface area contributed by atoms with Crippen LogP contribution in [0.25, 0.3) is 0 Å². The van der Waals surface area contributed by atoms with Gasteiger partial charge in [0.05, 0.1) is 0 Å². The Bertz CT molecular complexity index is 354. The van der Waals surface area contributed by atoms with Crippen LogP contribution in [0.1, 0.15) is 50.7 Å². The Morgan fingerprint density at radius 1 is 1.00 bits per heavy atom. The number of benzene rings is 1. The molecule has 1 nitrogen and oxygen atoms in total. The highest BCUT2D eigenvalue weighted by molar-refractivity contribution is 5.23. The topological polar surface area (TPSA) is 12.0 Å². The molecule has 1 fully saturated rings. The lowest BCUT2D eigenvalue weighted by Gasteiger charge is -2.20. The van der Waals surface area contributed by atoms with Crippen molar-refractivity contribution in [3.63, 3.8) is 0 Å². The molecule has 1 aromatic carbocycles. The monoisotopic (exact) mass is 259 g/mol. The Morgan fingerprint density at radius 3 is 2.37 bits per heavy atom. The van der Waals surface area contributed by atoms with Gasteiger partial charge in [-0.3, -0.25) is 0 Å². The number of hydrogen-bond acceptors (Lipinski definition) is 1. The molecule has 1 aliphatic carbocycles. The van der Waals surface area contributed by atoms with Crippen molar-refractivity contribution < 1.29 is 0 Å². The summed E-state index contributed by atoms with van der Waals surface area (Å²) in [5, 5.41) is 3.61. The van der Waals surface area contributed by atoms with Gasteiger partial charge in [-0.15, -0.1) is 0 Å². The highest BCUT2D eigenvalue weighted by atomic mass is 14.9. The summed E-state index contributed by atoms with van der Waals surface area (Å²) in [5.41, 5.74) is 2.99. The molecule has 0 amide bonds. The second kappa shape index (κ2) is 7.69. The Hall–Kier alpha value is -0.820.